The summed E-state index contributed by atoms with van der Waals surface area (Å²) in [6.45, 7) is 0.941. The summed E-state index contributed by atoms with van der Waals surface area (Å²) in [7, 11) is 0. The van der Waals surface area contributed by atoms with Gasteiger partial charge in [-0.1, -0.05) is 36.4 Å². The van der Waals surface area contributed by atoms with Crippen LogP contribution in [0.1, 0.15) is 53.9 Å². The number of anilines is 1. The molecule has 0 saturated heterocycles. The third-order valence-corrected chi connectivity index (χ3v) is 4.88. The van der Waals surface area contributed by atoms with Crippen LogP contribution >= 0.6 is 0 Å². The molecule has 2 aliphatic carbocycles. The van der Waals surface area contributed by atoms with Crippen LogP contribution < -0.4 is 5.32 Å². The molecule has 1 fully saturated rings. The first kappa shape index (κ1) is 12.9. The molecule has 1 saturated carbocycles. The van der Waals surface area contributed by atoms with Gasteiger partial charge in [0.15, 0.2) is 0 Å². The van der Waals surface area contributed by atoms with Crippen molar-refractivity contribution in [3.05, 3.63) is 64.7 Å². The standard InChI is InChI=1S/C20H23N/c1-2-9-19-17(6-1)7-4-10-20(19)21-14-15-5-3-8-18(13-15)16-11-12-16/h3-5,7-8,10,13,16,21H,1-2,6,9,11-12,14H2. The van der Waals surface area contributed by atoms with Crippen molar-refractivity contribution in [1.82, 2.24) is 0 Å². The second kappa shape index (κ2) is 5.55. The summed E-state index contributed by atoms with van der Waals surface area (Å²) in [6, 6.07) is 15.9. The maximum absolute atomic E-state index is 3.68. The predicted molar refractivity (Wildman–Crippen MR) is 88.8 cm³/mol. The molecule has 1 heteroatoms. The van der Waals surface area contributed by atoms with E-state index in [1.165, 1.54) is 55.3 Å². The second-order valence-corrected chi connectivity index (χ2v) is 6.52. The molecule has 1 nitrogen and oxygen atoms in total. The Bertz CT molecular complexity index is 640. The van der Waals surface area contributed by atoms with Gasteiger partial charge >= 0.3 is 0 Å². The fourth-order valence-electron chi connectivity index (χ4n) is 3.52. The first-order valence-electron chi connectivity index (χ1n) is 8.33. The molecule has 0 radical (unpaired) electrons. The second-order valence-electron chi connectivity index (χ2n) is 6.52. The predicted octanol–water partition coefficient (Wildman–Crippen LogP) is 5.05. The minimum Gasteiger partial charge on any atom is -0.381 e. The number of fused-ring (bicyclic) bond motifs is 1. The van der Waals surface area contributed by atoms with Crippen LogP contribution in [0.3, 0.4) is 0 Å². The first-order chi connectivity index (χ1) is 10.4. The lowest BCUT2D eigenvalue weighted by Gasteiger charge is -2.20. The molecule has 21 heavy (non-hydrogen) atoms. The van der Waals surface area contributed by atoms with E-state index in [1.54, 1.807) is 11.1 Å². The highest BCUT2D eigenvalue weighted by Crippen LogP contribution is 2.40. The van der Waals surface area contributed by atoms with Gasteiger partial charge < -0.3 is 5.32 Å². The Balaban J connectivity index is 1.50. The van der Waals surface area contributed by atoms with Crippen molar-refractivity contribution in [3.8, 4) is 0 Å². The summed E-state index contributed by atoms with van der Waals surface area (Å²) in [4.78, 5) is 0. The molecule has 2 aromatic rings. The molecular formula is C20H23N. The van der Waals surface area contributed by atoms with Gasteiger partial charge in [0.25, 0.3) is 0 Å². The van der Waals surface area contributed by atoms with Crippen LogP contribution in [0.25, 0.3) is 0 Å². The zero-order valence-electron chi connectivity index (χ0n) is 12.6. The van der Waals surface area contributed by atoms with Crippen molar-refractivity contribution < 1.29 is 0 Å². The Labute approximate surface area is 127 Å². The van der Waals surface area contributed by atoms with E-state index in [2.05, 4.69) is 47.8 Å². The average molecular weight is 277 g/mol. The van der Waals surface area contributed by atoms with Crippen molar-refractivity contribution >= 4 is 5.69 Å². The summed E-state index contributed by atoms with van der Waals surface area (Å²) in [5.74, 6) is 0.842. The molecule has 2 aromatic carbocycles. The highest BCUT2D eigenvalue weighted by molar-refractivity contribution is 5.56. The minimum absolute atomic E-state index is 0.842. The number of nitrogens with one attached hydrogen (secondary N) is 1. The van der Waals surface area contributed by atoms with Crippen LogP contribution in [0.5, 0.6) is 0 Å². The van der Waals surface area contributed by atoms with E-state index < -0.39 is 0 Å². The molecule has 2 aliphatic rings. The van der Waals surface area contributed by atoms with Crippen LogP contribution in [-0.2, 0) is 19.4 Å². The van der Waals surface area contributed by atoms with Gasteiger partial charge in [-0.3, -0.25) is 0 Å². The van der Waals surface area contributed by atoms with Crippen LogP contribution in [0.4, 0.5) is 5.69 Å². The van der Waals surface area contributed by atoms with Crippen LogP contribution in [-0.4, -0.2) is 0 Å². The van der Waals surface area contributed by atoms with E-state index in [0.29, 0.717) is 0 Å². The number of benzene rings is 2. The SMILES string of the molecule is c1cc(CNc2cccc3c2CCCC3)cc(C2CC2)c1. The Hall–Kier alpha value is -1.76. The third-order valence-electron chi connectivity index (χ3n) is 4.88. The number of hydrogen-bond acceptors (Lipinski definition) is 1. The van der Waals surface area contributed by atoms with Crippen molar-refractivity contribution in [2.75, 3.05) is 5.32 Å². The topological polar surface area (TPSA) is 12.0 Å². The van der Waals surface area contributed by atoms with Gasteiger partial charge in [-0.25, -0.2) is 0 Å². The smallest absolute Gasteiger partial charge is 0.0400 e. The molecule has 0 spiro atoms. The van der Waals surface area contributed by atoms with Crippen molar-refractivity contribution in [3.63, 3.8) is 0 Å². The summed E-state index contributed by atoms with van der Waals surface area (Å²) < 4.78 is 0. The van der Waals surface area contributed by atoms with Crippen molar-refractivity contribution in [1.29, 1.82) is 0 Å². The molecule has 0 aliphatic heterocycles. The number of hydrogen-bond donors (Lipinski definition) is 1. The normalized spacial score (nSPS) is 17.3. The number of aryl methyl sites for hydroxylation is 1. The quantitative estimate of drug-likeness (QED) is 0.824. The molecule has 0 atom stereocenters. The molecule has 0 amide bonds. The van der Waals surface area contributed by atoms with E-state index in [0.717, 1.165) is 12.5 Å². The Morgan fingerprint density at radius 2 is 1.81 bits per heavy atom. The maximum Gasteiger partial charge on any atom is 0.0400 e. The first-order valence-corrected chi connectivity index (χ1v) is 8.33. The number of rotatable bonds is 4. The van der Waals surface area contributed by atoms with Gasteiger partial charge in [0.2, 0.25) is 0 Å². The van der Waals surface area contributed by atoms with E-state index in [1.807, 2.05) is 0 Å². The largest absolute Gasteiger partial charge is 0.381 e. The average Bonchev–Trinajstić information content (AvgIpc) is 3.38. The lowest BCUT2D eigenvalue weighted by atomic mass is 9.90. The fraction of sp³-hybridized carbons (Fsp3) is 0.400. The summed E-state index contributed by atoms with van der Waals surface area (Å²) >= 11 is 0. The molecule has 1 N–H and O–H groups in total. The lowest BCUT2D eigenvalue weighted by molar-refractivity contribution is 0.686. The molecule has 4 rings (SSSR count). The highest BCUT2D eigenvalue weighted by Gasteiger charge is 2.23. The zero-order valence-corrected chi connectivity index (χ0v) is 12.6. The summed E-state index contributed by atoms with van der Waals surface area (Å²) in [6.07, 6.45) is 7.93. The molecular weight excluding hydrogens is 254 g/mol. The summed E-state index contributed by atoms with van der Waals surface area (Å²) in [5, 5.41) is 3.68. The fourth-order valence-corrected chi connectivity index (χ4v) is 3.52. The van der Waals surface area contributed by atoms with E-state index in [4.69, 9.17) is 0 Å². The molecule has 0 aromatic heterocycles. The summed E-state index contributed by atoms with van der Waals surface area (Å²) in [5.41, 5.74) is 7.40. The van der Waals surface area contributed by atoms with E-state index in [9.17, 15) is 0 Å². The zero-order chi connectivity index (χ0) is 14.1. The van der Waals surface area contributed by atoms with Gasteiger partial charge in [0.1, 0.15) is 0 Å². The Kier molecular flexibility index (Phi) is 3.42. The minimum atomic E-state index is 0.842. The van der Waals surface area contributed by atoms with E-state index >= 15 is 0 Å². The molecule has 0 unspecified atom stereocenters. The third kappa shape index (κ3) is 2.83. The van der Waals surface area contributed by atoms with Gasteiger partial charge in [-0.2, -0.15) is 0 Å². The lowest BCUT2D eigenvalue weighted by Crippen LogP contribution is -2.08. The molecule has 108 valence electrons. The van der Waals surface area contributed by atoms with E-state index in [-0.39, 0.29) is 0 Å². The van der Waals surface area contributed by atoms with Gasteiger partial charge in [-0.15, -0.1) is 0 Å². The molecule has 0 bridgehead atoms. The Morgan fingerprint density at radius 1 is 0.952 bits per heavy atom. The van der Waals surface area contributed by atoms with Gasteiger partial charge in [0, 0.05) is 12.2 Å². The Morgan fingerprint density at radius 3 is 2.71 bits per heavy atom. The van der Waals surface area contributed by atoms with Crippen LogP contribution in [0, 0.1) is 0 Å². The van der Waals surface area contributed by atoms with Gasteiger partial charge in [-0.05, 0) is 72.8 Å². The monoisotopic (exact) mass is 277 g/mol. The van der Waals surface area contributed by atoms with Gasteiger partial charge in [0.05, 0.1) is 0 Å². The maximum atomic E-state index is 3.68. The van der Waals surface area contributed by atoms with Crippen molar-refractivity contribution in [2.45, 2.75) is 51.0 Å². The highest BCUT2D eigenvalue weighted by atomic mass is 14.9. The van der Waals surface area contributed by atoms with Crippen LogP contribution in [0.15, 0.2) is 42.5 Å². The van der Waals surface area contributed by atoms with Crippen LogP contribution in [0.2, 0.25) is 0 Å². The van der Waals surface area contributed by atoms with Crippen molar-refractivity contribution in [2.24, 2.45) is 0 Å². The molecule has 0 heterocycles.